The Bertz CT molecular complexity index is 423. The van der Waals surface area contributed by atoms with Crippen molar-refractivity contribution in [3.8, 4) is 6.07 Å². The van der Waals surface area contributed by atoms with Crippen molar-refractivity contribution >= 4 is 21.7 Å². The lowest BCUT2D eigenvalue weighted by atomic mass is 10.0. The van der Waals surface area contributed by atoms with Crippen LogP contribution in [0.1, 0.15) is 21.5 Å². The SMILES string of the molecule is Cc1cc(F)c(C#N)c(C(=O)CBr)c1. The second kappa shape index (κ2) is 4.34. The third-order valence-electron chi connectivity index (χ3n) is 1.77. The topological polar surface area (TPSA) is 40.9 Å². The molecule has 0 atom stereocenters. The molecule has 1 rings (SSSR count). The number of Topliss-reactive ketones (excluding diaryl/α,β-unsaturated/α-hetero) is 1. The molecule has 0 amide bonds. The lowest BCUT2D eigenvalue weighted by Crippen LogP contribution is -2.05. The van der Waals surface area contributed by atoms with Gasteiger partial charge in [-0.3, -0.25) is 4.79 Å². The van der Waals surface area contributed by atoms with Gasteiger partial charge in [0.1, 0.15) is 11.9 Å². The van der Waals surface area contributed by atoms with Crippen LogP contribution in [0.15, 0.2) is 12.1 Å². The van der Waals surface area contributed by atoms with E-state index in [-0.39, 0.29) is 22.2 Å². The molecular formula is C10H7BrFNO. The monoisotopic (exact) mass is 255 g/mol. The maximum atomic E-state index is 13.2. The lowest BCUT2D eigenvalue weighted by Gasteiger charge is -2.03. The number of nitriles is 1. The molecular weight excluding hydrogens is 249 g/mol. The number of carbonyl (C=O) groups excluding carboxylic acids is 1. The first-order chi connectivity index (χ1) is 6.60. The number of benzene rings is 1. The minimum absolute atomic E-state index is 0.0879. The van der Waals surface area contributed by atoms with Crippen molar-refractivity contribution in [2.75, 3.05) is 5.33 Å². The minimum atomic E-state index is -0.642. The number of rotatable bonds is 2. The molecule has 1 aromatic rings. The van der Waals surface area contributed by atoms with Crippen LogP contribution < -0.4 is 0 Å². The zero-order valence-electron chi connectivity index (χ0n) is 7.47. The molecule has 0 spiro atoms. The normalized spacial score (nSPS) is 9.57. The Labute approximate surface area is 89.5 Å². The van der Waals surface area contributed by atoms with Gasteiger partial charge < -0.3 is 0 Å². The summed E-state index contributed by atoms with van der Waals surface area (Å²) in [6, 6.07) is 4.45. The second-order valence-corrected chi connectivity index (χ2v) is 3.40. The lowest BCUT2D eigenvalue weighted by molar-refractivity contribution is 0.102. The van der Waals surface area contributed by atoms with Gasteiger partial charge in [-0.2, -0.15) is 5.26 Å². The fraction of sp³-hybridized carbons (Fsp3) is 0.200. The van der Waals surface area contributed by atoms with E-state index in [0.717, 1.165) is 0 Å². The van der Waals surface area contributed by atoms with E-state index in [1.807, 2.05) is 0 Å². The molecule has 1 aromatic carbocycles. The molecule has 0 unspecified atom stereocenters. The van der Waals surface area contributed by atoms with Crippen molar-refractivity contribution in [3.63, 3.8) is 0 Å². The zero-order valence-corrected chi connectivity index (χ0v) is 9.06. The number of nitrogens with zero attached hydrogens (tertiary/aromatic N) is 1. The van der Waals surface area contributed by atoms with Gasteiger partial charge in [-0.15, -0.1) is 0 Å². The van der Waals surface area contributed by atoms with E-state index in [1.165, 1.54) is 12.1 Å². The maximum Gasteiger partial charge on any atom is 0.174 e. The van der Waals surface area contributed by atoms with Gasteiger partial charge in [-0.25, -0.2) is 4.39 Å². The first-order valence-corrected chi connectivity index (χ1v) is 5.01. The minimum Gasteiger partial charge on any atom is -0.293 e. The van der Waals surface area contributed by atoms with Crippen LogP contribution in [0.2, 0.25) is 0 Å². The van der Waals surface area contributed by atoms with Crippen LogP contribution >= 0.6 is 15.9 Å². The molecule has 0 bridgehead atoms. The third kappa shape index (κ3) is 1.99. The molecule has 2 nitrogen and oxygen atoms in total. The fourth-order valence-electron chi connectivity index (χ4n) is 1.15. The van der Waals surface area contributed by atoms with Gasteiger partial charge in [0.05, 0.1) is 10.9 Å². The molecule has 72 valence electrons. The number of hydrogen-bond donors (Lipinski definition) is 0. The number of carbonyl (C=O) groups is 1. The summed E-state index contributed by atoms with van der Waals surface area (Å²) in [7, 11) is 0. The highest BCUT2D eigenvalue weighted by atomic mass is 79.9. The van der Waals surface area contributed by atoms with Crippen molar-refractivity contribution in [2.24, 2.45) is 0 Å². The maximum absolute atomic E-state index is 13.2. The average Bonchev–Trinajstić information content (AvgIpc) is 2.15. The quantitative estimate of drug-likeness (QED) is 0.602. The van der Waals surface area contributed by atoms with Crippen LogP contribution in [0.4, 0.5) is 4.39 Å². The molecule has 0 aliphatic heterocycles. The van der Waals surface area contributed by atoms with E-state index in [1.54, 1.807) is 13.0 Å². The second-order valence-electron chi connectivity index (χ2n) is 2.84. The molecule has 0 saturated heterocycles. The standard InChI is InChI=1S/C10H7BrFNO/c1-6-2-7(10(14)4-11)8(5-13)9(12)3-6/h2-3H,4H2,1H3. The number of aryl methyl sites for hydroxylation is 1. The molecule has 4 heteroatoms. The van der Waals surface area contributed by atoms with Gasteiger partial charge in [-0.05, 0) is 24.6 Å². The summed E-state index contributed by atoms with van der Waals surface area (Å²) in [6.07, 6.45) is 0. The Morgan fingerprint density at radius 1 is 1.64 bits per heavy atom. The molecule has 0 radical (unpaired) electrons. The number of ketones is 1. The Kier molecular flexibility index (Phi) is 3.37. The summed E-state index contributed by atoms with van der Waals surface area (Å²) in [5.74, 6) is -0.930. The van der Waals surface area contributed by atoms with Crippen molar-refractivity contribution in [1.29, 1.82) is 5.26 Å². The van der Waals surface area contributed by atoms with Crippen molar-refractivity contribution in [2.45, 2.75) is 6.92 Å². The van der Waals surface area contributed by atoms with Crippen molar-refractivity contribution < 1.29 is 9.18 Å². The average molecular weight is 256 g/mol. The zero-order chi connectivity index (χ0) is 10.7. The highest BCUT2D eigenvalue weighted by Crippen LogP contribution is 2.16. The molecule has 0 aliphatic rings. The van der Waals surface area contributed by atoms with E-state index in [0.29, 0.717) is 5.56 Å². The summed E-state index contributed by atoms with van der Waals surface area (Å²) in [5, 5.41) is 8.76. The molecule has 0 fully saturated rings. The van der Waals surface area contributed by atoms with E-state index in [2.05, 4.69) is 15.9 Å². The summed E-state index contributed by atoms with van der Waals surface area (Å²) < 4.78 is 13.2. The van der Waals surface area contributed by atoms with Gasteiger partial charge in [-0.1, -0.05) is 15.9 Å². The van der Waals surface area contributed by atoms with E-state index in [9.17, 15) is 9.18 Å². The Balaban J connectivity index is 3.41. The smallest absolute Gasteiger partial charge is 0.174 e. The Morgan fingerprint density at radius 3 is 2.79 bits per heavy atom. The largest absolute Gasteiger partial charge is 0.293 e. The van der Waals surface area contributed by atoms with Crippen LogP contribution in [-0.4, -0.2) is 11.1 Å². The fourth-order valence-corrected chi connectivity index (χ4v) is 1.45. The van der Waals surface area contributed by atoms with Crippen LogP contribution in [0.3, 0.4) is 0 Å². The predicted molar refractivity (Wildman–Crippen MR) is 54.0 cm³/mol. The first-order valence-electron chi connectivity index (χ1n) is 3.89. The summed E-state index contributed by atoms with van der Waals surface area (Å²) >= 11 is 2.98. The molecule has 0 N–H and O–H groups in total. The Hall–Kier alpha value is -1.21. The highest BCUT2D eigenvalue weighted by Gasteiger charge is 2.14. The molecule has 0 saturated carbocycles. The number of alkyl halides is 1. The predicted octanol–water partition coefficient (Wildman–Crippen LogP) is 2.58. The summed E-state index contributed by atoms with van der Waals surface area (Å²) in [4.78, 5) is 11.3. The van der Waals surface area contributed by atoms with Crippen molar-refractivity contribution in [3.05, 3.63) is 34.6 Å². The van der Waals surface area contributed by atoms with Crippen LogP contribution in [0.5, 0.6) is 0 Å². The number of halogens is 2. The van der Waals surface area contributed by atoms with Crippen LogP contribution in [0, 0.1) is 24.1 Å². The van der Waals surface area contributed by atoms with Gasteiger partial charge >= 0.3 is 0 Å². The van der Waals surface area contributed by atoms with Gasteiger partial charge in [0.2, 0.25) is 0 Å². The summed E-state index contributed by atoms with van der Waals surface area (Å²) in [6.45, 7) is 1.68. The van der Waals surface area contributed by atoms with Gasteiger partial charge in [0, 0.05) is 5.56 Å². The summed E-state index contributed by atoms with van der Waals surface area (Å²) in [5.41, 5.74) is 0.590. The van der Waals surface area contributed by atoms with Gasteiger partial charge in [0.25, 0.3) is 0 Å². The van der Waals surface area contributed by atoms with E-state index in [4.69, 9.17) is 5.26 Å². The highest BCUT2D eigenvalue weighted by molar-refractivity contribution is 9.09. The molecule has 0 heterocycles. The van der Waals surface area contributed by atoms with Gasteiger partial charge in [0.15, 0.2) is 5.78 Å². The van der Waals surface area contributed by atoms with Crippen molar-refractivity contribution in [1.82, 2.24) is 0 Å². The van der Waals surface area contributed by atoms with Crippen LogP contribution in [-0.2, 0) is 0 Å². The molecule has 14 heavy (non-hydrogen) atoms. The van der Waals surface area contributed by atoms with E-state index >= 15 is 0 Å². The first kappa shape index (κ1) is 10.9. The van der Waals surface area contributed by atoms with E-state index < -0.39 is 5.82 Å². The molecule has 0 aliphatic carbocycles. The Morgan fingerprint density at radius 2 is 2.29 bits per heavy atom. The number of hydrogen-bond acceptors (Lipinski definition) is 2. The molecule has 0 aromatic heterocycles. The van der Waals surface area contributed by atoms with Crippen LogP contribution in [0.25, 0.3) is 0 Å². The third-order valence-corrected chi connectivity index (χ3v) is 2.28.